The molecule has 152 valence electrons. The van der Waals surface area contributed by atoms with Crippen molar-refractivity contribution in [2.24, 2.45) is 5.92 Å². The minimum atomic E-state index is -0.167. The van der Waals surface area contributed by atoms with Crippen LogP contribution in [-0.4, -0.2) is 71.6 Å². The molecule has 0 aromatic carbocycles. The predicted molar refractivity (Wildman–Crippen MR) is 106 cm³/mol. The summed E-state index contributed by atoms with van der Waals surface area (Å²) in [5.41, 5.74) is 0.925. The van der Waals surface area contributed by atoms with E-state index in [-0.39, 0.29) is 12.2 Å². The third kappa shape index (κ3) is 8.04. The summed E-state index contributed by atoms with van der Waals surface area (Å²) in [6.45, 7) is 11.7. The fourth-order valence-electron chi connectivity index (χ4n) is 3.74. The first kappa shape index (κ1) is 22.9. The highest BCUT2D eigenvalue weighted by Crippen LogP contribution is 2.25. The van der Waals surface area contributed by atoms with Crippen LogP contribution in [0.25, 0.3) is 0 Å². The van der Waals surface area contributed by atoms with E-state index in [2.05, 4.69) is 11.8 Å². The Bertz CT molecular complexity index is 418. The number of carbonyl (C=O) groups is 1. The van der Waals surface area contributed by atoms with Gasteiger partial charge in [0.1, 0.15) is 0 Å². The van der Waals surface area contributed by atoms with Crippen molar-refractivity contribution in [3.05, 3.63) is 0 Å². The molecule has 6 heteroatoms. The summed E-state index contributed by atoms with van der Waals surface area (Å²) < 4.78 is 5.12. The van der Waals surface area contributed by atoms with Gasteiger partial charge in [-0.2, -0.15) is 0 Å². The molecular formula is C20H39N3O3. The van der Waals surface area contributed by atoms with Crippen LogP contribution in [0.3, 0.4) is 0 Å². The number of likely N-dealkylation sites (tertiary alicyclic amines) is 2. The highest BCUT2D eigenvalue weighted by molar-refractivity contribution is 5.83. The topological polar surface area (TPSA) is 76.9 Å². The molecule has 0 aromatic rings. The molecule has 0 bridgehead atoms. The fraction of sp³-hybridized carbons (Fsp3) is 0.900. The number of carbonyl (C=O) groups excluding carboxylic acids is 1. The number of aliphatic hydroxyl groups excluding tert-OH is 1. The molecule has 2 rings (SSSR count). The Kier molecular flexibility index (Phi) is 10.8. The van der Waals surface area contributed by atoms with Crippen LogP contribution in [0.5, 0.6) is 0 Å². The Hall–Kier alpha value is -1.14. The summed E-state index contributed by atoms with van der Waals surface area (Å²) in [6, 6.07) is 0.594. The maximum absolute atomic E-state index is 11.9. The summed E-state index contributed by atoms with van der Waals surface area (Å²) >= 11 is 0. The molecule has 2 N–H and O–H groups in total. The van der Waals surface area contributed by atoms with E-state index in [1.807, 2.05) is 11.8 Å². The van der Waals surface area contributed by atoms with Crippen LogP contribution in [0.1, 0.15) is 66.2 Å². The van der Waals surface area contributed by atoms with Gasteiger partial charge in [-0.05, 0) is 78.3 Å². The van der Waals surface area contributed by atoms with E-state index < -0.39 is 0 Å². The maximum Gasteiger partial charge on any atom is 0.409 e. The number of aliphatic hydroxyl groups is 1. The monoisotopic (exact) mass is 369 g/mol. The number of amides is 1. The average Bonchev–Trinajstić information content (AvgIpc) is 2.87. The highest BCUT2D eigenvalue weighted by atomic mass is 16.6. The lowest BCUT2D eigenvalue weighted by Gasteiger charge is -2.37. The van der Waals surface area contributed by atoms with Gasteiger partial charge in [0.15, 0.2) is 0 Å². The number of hydrogen-bond acceptors (Lipinski definition) is 5. The largest absolute Gasteiger partial charge is 0.450 e. The van der Waals surface area contributed by atoms with E-state index in [4.69, 9.17) is 15.3 Å². The number of nitrogens with zero attached hydrogens (tertiary/aromatic N) is 2. The summed E-state index contributed by atoms with van der Waals surface area (Å²) in [7, 11) is 0. The van der Waals surface area contributed by atoms with Crippen LogP contribution in [0.4, 0.5) is 4.79 Å². The second kappa shape index (κ2) is 12.3. The Morgan fingerprint density at radius 1 is 1.12 bits per heavy atom. The second-order valence-electron chi connectivity index (χ2n) is 7.55. The van der Waals surface area contributed by atoms with Gasteiger partial charge in [-0.3, -0.25) is 0 Å². The van der Waals surface area contributed by atoms with Gasteiger partial charge in [-0.1, -0.05) is 6.92 Å². The fourth-order valence-corrected chi connectivity index (χ4v) is 3.74. The van der Waals surface area contributed by atoms with Crippen LogP contribution in [0, 0.1) is 11.3 Å². The SMILES string of the molecule is CC(C)O.CCOC(=O)N1CCCC(N2CCC(C(=N)CC)CC2)CC1. The maximum atomic E-state index is 11.9. The van der Waals surface area contributed by atoms with Gasteiger partial charge in [-0.25, -0.2) is 4.79 Å². The molecule has 2 heterocycles. The minimum absolute atomic E-state index is 0.154. The smallest absolute Gasteiger partial charge is 0.409 e. The standard InChI is InChI=1S/C17H31N3O2.C3H8O/c1-3-16(18)14-7-11-19(12-8-14)15-6-5-10-20(13-9-15)17(21)22-4-2;1-3(2)4/h14-15,18H,3-13H2,1-2H3;3-4H,1-2H3. The molecule has 0 radical (unpaired) electrons. The molecule has 2 fully saturated rings. The van der Waals surface area contributed by atoms with E-state index in [0.717, 1.165) is 64.0 Å². The quantitative estimate of drug-likeness (QED) is 0.743. The third-order valence-corrected chi connectivity index (χ3v) is 5.14. The van der Waals surface area contributed by atoms with Gasteiger partial charge >= 0.3 is 6.09 Å². The van der Waals surface area contributed by atoms with Gasteiger partial charge in [0, 0.05) is 30.9 Å². The zero-order chi connectivity index (χ0) is 19.5. The molecular weight excluding hydrogens is 330 g/mol. The summed E-state index contributed by atoms with van der Waals surface area (Å²) in [6.07, 6.45) is 6.12. The molecule has 2 saturated heterocycles. The number of hydrogen-bond donors (Lipinski definition) is 2. The van der Waals surface area contributed by atoms with Crippen LogP contribution in [0.15, 0.2) is 0 Å². The van der Waals surface area contributed by atoms with Gasteiger partial charge in [0.25, 0.3) is 0 Å². The first-order valence-corrected chi connectivity index (χ1v) is 10.3. The molecule has 0 aliphatic carbocycles. The predicted octanol–water partition coefficient (Wildman–Crippen LogP) is 3.53. The lowest BCUT2D eigenvalue weighted by atomic mass is 9.89. The van der Waals surface area contributed by atoms with E-state index in [1.165, 1.54) is 6.42 Å². The molecule has 0 saturated carbocycles. The minimum Gasteiger partial charge on any atom is -0.450 e. The van der Waals surface area contributed by atoms with E-state index >= 15 is 0 Å². The van der Waals surface area contributed by atoms with Gasteiger partial charge in [-0.15, -0.1) is 0 Å². The molecule has 2 aliphatic rings. The molecule has 1 unspecified atom stereocenters. The van der Waals surface area contributed by atoms with Gasteiger partial charge < -0.3 is 25.1 Å². The number of ether oxygens (including phenoxy) is 1. The zero-order valence-electron chi connectivity index (χ0n) is 17.2. The van der Waals surface area contributed by atoms with Crippen molar-refractivity contribution < 1.29 is 14.6 Å². The van der Waals surface area contributed by atoms with Crippen molar-refractivity contribution in [2.45, 2.75) is 78.4 Å². The molecule has 26 heavy (non-hydrogen) atoms. The summed E-state index contributed by atoms with van der Waals surface area (Å²) in [4.78, 5) is 16.3. The average molecular weight is 370 g/mol. The van der Waals surface area contributed by atoms with Crippen LogP contribution in [0.2, 0.25) is 0 Å². The van der Waals surface area contributed by atoms with Crippen molar-refractivity contribution in [2.75, 3.05) is 32.8 Å². The molecule has 6 nitrogen and oxygen atoms in total. The molecule has 2 aliphatic heterocycles. The zero-order valence-corrected chi connectivity index (χ0v) is 17.2. The molecule has 1 amide bonds. The van der Waals surface area contributed by atoms with Crippen molar-refractivity contribution >= 4 is 11.8 Å². The first-order valence-electron chi connectivity index (χ1n) is 10.3. The van der Waals surface area contributed by atoms with Crippen molar-refractivity contribution in [1.29, 1.82) is 5.41 Å². The van der Waals surface area contributed by atoms with Crippen molar-refractivity contribution in [1.82, 2.24) is 9.80 Å². The van der Waals surface area contributed by atoms with Crippen LogP contribution in [-0.2, 0) is 4.74 Å². The van der Waals surface area contributed by atoms with E-state index in [0.29, 0.717) is 18.6 Å². The van der Waals surface area contributed by atoms with Gasteiger partial charge in [0.2, 0.25) is 0 Å². The number of piperidine rings is 1. The number of nitrogens with one attached hydrogen (secondary N) is 1. The lowest BCUT2D eigenvalue weighted by molar-refractivity contribution is 0.105. The highest BCUT2D eigenvalue weighted by Gasteiger charge is 2.29. The lowest BCUT2D eigenvalue weighted by Crippen LogP contribution is -2.43. The van der Waals surface area contributed by atoms with Crippen LogP contribution >= 0.6 is 0 Å². The third-order valence-electron chi connectivity index (χ3n) is 5.14. The first-order chi connectivity index (χ1) is 12.4. The van der Waals surface area contributed by atoms with E-state index in [9.17, 15) is 4.79 Å². The summed E-state index contributed by atoms with van der Waals surface area (Å²) in [5, 5.41) is 16.1. The normalized spacial score (nSPS) is 22.4. The Morgan fingerprint density at radius 3 is 2.27 bits per heavy atom. The van der Waals surface area contributed by atoms with Gasteiger partial charge in [0.05, 0.1) is 6.61 Å². The Labute approximate surface area is 159 Å². The molecule has 1 atom stereocenters. The second-order valence-corrected chi connectivity index (χ2v) is 7.55. The molecule has 0 aromatic heterocycles. The number of rotatable bonds is 4. The van der Waals surface area contributed by atoms with Crippen molar-refractivity contribution in [3.63, 3.8) is 0 Å². The van der Waals surface area contributed by atoms with Crippen LogP contribution < -0.4 is 0 Å². The molecule has 0 spiro atoms. The Morgan fingerprint density at radius 2 is 1.73 bits per heavy atom. The van der Waals surface area contributed by atoms with Crippen molar-refractivity contribution in [3.8, 4) is 0 Å². The summed E-state index contributed by atoms with van der Waals surface area (Å²) in [5.74, 6) is 0.503. The van der Waals surface area contributed by atoms with E-state index in [1.54, 1.807) is 13.8 Å². The Balaban J connectivity index is 0.000000765.